The van der Waals surface area contributed by atoms with Crippen LogP contribution in [0.4, 0.5) is 21.0 Å². The number of hydrogen-bond acceptors (Lipinski definition) is 5. The highest BCUT2D eigenvalue weighted by Gasteiger charge is 2.44. The Bertz CT molecular complexity index is 1780. The molecule has 260 valence electrons. The summed E-state index contributed by atoms with van der Waals surface area (Å²) in [7, 11) is 0. The van der Waals surface area contributed by atoms with Crippen LogP contribution in [0.3, 0.4) is 0 Å². The number of rotatable bonds is 4. The number of amides is 4. The maximum atomic E-state index is 12.7. The monoisotopic (exact) mass is 671 g/mol. The van der Waals surface area contributed by atoms with E-state index in [1.54, 1.807) is 17.3 Å². The number of aryl methyl sites for hydroxylation is 3. The number of nitriles is 1. The molecule has 3 saturated heterocycles. The Morgan fingerprint density at radius 1 is 0.740 bits per heavy atom. The van der Waals surface area contributed by atoms with Crippen LogP contribution in [-0.2, 0) is 0 Å². The first-order chi connectivity index (χ1) is 24.3. The first-order valence-corrected chi connectivity index (χ1v) is 17.9. The number of carbonyl (C=O) groups excluding carboxylic acids is 2. The van der Waals surface area contributed by atoms with Gasteiger partial charge in [0.1, 0.15) is 0 Å². The Balaban J connectivity index is 0.000000185. The van der Waals surface area contributed by atoms with E-state index in [9.17, 15) is 9.59 Å². The molecule has 2 aromatic heterocycles. The molecule has 0 radical (unpaired) electrons. The van der Waals surface area contributed by atoms with Crippen molar-refractivity contribution in [1.82, 2.24) is 19.8 Å². The fourth-order valence-electron chi connectivity index (χ4n) is 7.01. The number of pyridine rings is 2. The molecule has 2 atom stereocenters. The van der Waals surface area contributed by atoms with Gasteiger partial charge in [0, 0.05) is 66.0 Å². The van der Waals surface area contributed by atoms with Gasteiger partial charge in [0.25, 0.3) is 0 Å². The zero-order valence-corrected chi connectivity index (χ0v) is 29.9. The number of urea groups is 2. The minimum absolute atomic E-state index is 0.0508. The van der Waals surface area contributed by atoms with Crippen LogP contribution in [0.25, 0.3) is 22.5 Å². The molecule has 9 heteroatoms. The zero-order chi connectivity index (χ0) is 35.6. The Kier molecular flexibility index (Phi) is 12.2. The molecule has 2 unspecified atom stereocenters. The minimum Gasteiger partial charge on any atom is -0.324 e. The number of benzene rings is 2. The second kappa shape index (κ2) is 16.9. The molecule has 5 heterocycles. The Labute approximate surface area is 296 Å². The lowest BCUT2D eigenvalue weighted by Crippen LogP contribution is -2.62. The van der Waals surface area contributed by atoms with Crippen molar-refractivity contribution < 1.29 is 9.59 Å². The summed E-state index contributed by atoms with van der Waals surface area (Å²) in [6.45, 7) is 11.4. The smallest absolute Gasteiger partial charge is 0.322 e. The van der Waals surface area contributed by atoms with Gasteiger partial charge < -0.3 is 20.4 Å². The van der Waals surface area contributed by atoms with Crippen molar-refractivity contribution in [3.63, 3.8) is 0 Å². The van der Waals surface area contributed by atoms with Crippen LogP contribution >= 0.6 is 0 Å². The molecule has 7 rings (SSSR count). The van der Waals surface area contributed by atoms with E-state index in [1.807, 2.05) is 87.2 Å². The average molecular weight is 672 g/mol. The summed E-state index contributed by atoms with van der Waals surface area (Å²) in [6.07, 6.45) is 9.79. The van der Waals surface area contributed by atoms with E-state index >= 15 is 0 Å². The summed E-state index contributed by atoms with van der Waals surface area (Å²) in [5.74, 6) is 0.0733. The van der Waals surface area contributed by atoms with Crippen LogP contribution in [0, 0.1) is 38.0 Å². The minimum atomic E-state index is -0.109. The third-order valence-electron chi connectivity index (χ3n) is 9.79. The highest BCUT2D eigenvalue weighted by molar-refractivity contribution is 5.92. The lowest BCUT2D eigenvalue weighted by atomic mass is 9.80. The maximum absolute atomic E-state index is 12.7. The quantitative estimate of drug-likeness (QED) is 0.224. The van der Waals surface area contributed by atoms with Crippen molar-refractivity contribution in [1.29, 1.82) is 5.26 Å². The molecule has 9 nitrogen and oxygen atoms in total. The molecule has 0 spiro atoms. The van der Waals surface area contributed by atoms with Crippen LogP contribution in [0.5, 0.6) is 0 Å². The zero-order valence-electron chi connectivity index (χ0n) is 29.9. The molecular formula is C41H49N7O2. The van der Waals surface area contributed by atoms with Gasteiger partial charge in [-0.15, -0.1) is 0 Å². The fraction of sp³-hybridized carbons (Fsp3) is 0.390. The molecule has 4 aromatic rings. The van der Waals surface area contributed by atoms with Crippen molar-refractivity contribution in [2.75, 3.05) is 23.7 Å². The maximum Gasteiger partial charge on any atom is 0.322 e. The van der Waals surface area contributed by atoms with E-state index in [1.165, 1.54) is 18.4 Å². The SMILES string of the molecule is CC.Cc1cc(C)c(-c2ccccn2)cc1NC(=O)N1C2CCCC1C2.Cc1ccc(NC(=O)N2CCC(C#N)CC2)cc1-c1ccccn1. The summed E-state index contributed by atoms with van der Waals surface area (Å²) in [5.41, 5.74) is 8.92. The van der Waals surface area contributed by atoms with E-state index in [4.69, 9.17) is 5.26 Å². The summed E-state index contributed by atoms with van der Waals surface area (Å²) < 4.78 is 0. The van der Waals surface area contributed by atoms with Crippen LogP contribution in [0.2, 0.25) is 0 Å². The van der Waals surface area contributed by atoms with Crippen molar-refractivity contribution in [3.8, 4) is 28.6 Å². The van der Waals surface area contributed by atoms with Crippen molar-refractivity contribution in [3.05, 3.63) is 95.8 Å². The first kappa shape index (κ1) is 36.1. The number of likely N-dealkylation sites (tertiary alicyclic amines) is 1. The summed E-state index contributed by atoms with van der Waals surface area (Å²) in [5, 5.41) is 15.0. The van der Waals surface area contributed by atoms with Gasteiger partial charge in [0.15, 0.2) is 0 Å². The fourth-order valence-corrected chi connectivity index (χ4v) is 7.01. The Hall–Kier alpha value is -5.23. The number of hydrogen-bond donors (Lipinski definition) is 2. The normalized spacial score (nSPS) is 17.8. The Morgan fingerprint density at radius 3 is 1.92 bits per heavy atom. The molecule has 50 heavy (non-hydrogen) atoms. The largest absolute Gasteiger partial charge is 0.324 e. The van der Waals surface area contributed by atoms with Crippen molar-refractivity contribution in [2.45, 2.75) is 85.2 Å². The Morgan fingerprint density at radius 2 is 1.36 bits per heavy atom. The van der Waals surface area contributed by atoms with E-state index in [-0.39, 0.29) is 18.0 Å². The number of piperidine rings is 2. The van der Waals surface area contributed by atoms with E-state index in [2.05, 4.69) is 45.7 Å². The first-order valence-electron chi connectivity index (χ1n) is 17.9. The standard InChI is InChI=1S/C20H23N3O.C19H20N4O.C2H6/c1-13-10-14(2)19(12-17(13)18-8-3-4-9-21-18)22-20(24)23-15-6-5-7-16(23)11-15;1-14-5-6-16(12-17(14)18-4-2-3-9-21-18)22-19(24)23-10-7-15(13-20)8-11-23;1-2/h3-4,8-10,12,15-16H,5-7,11H2,1-2H3,(H,22,24);2-6,9,12,15H,7-8,10-11H2,1H3,(H,22,24);1-2H3. The van der Waals surface area contributed by atoms with Crippen molar-refractivity contribution >= 4 is 23.4 Å². The number of nitrogens with one attached hydrogen (secondary N) is 2. The third-order valence-corrected chi connectivity index (χ3v) is 9.79. The van der Waals surface area contributed by atoms with E-state index in [0.29, 0.717) is 25.2 Å². The topological polar surface area (TPSA) is 114 Å². The highest BCUT2D eigenvalue weighted by Crippen LogP contribution is 2.39. The predicted octanol–water partition coefficient (Wildman–Crippen LogP) is 9.37. The molecule has 3 aliphatic heterocycles. The van der Waals surface area contributed by atoms with Crippen LogP contribution in [-0.4, -0.2) is 57.0 Å². The summed E-state index contributed by atoms with van der Waals surface area (Å²) >= 11 is 0. The van der Waals surface area contributed by atoms with Crippen LogP contribution < -0.4 is 10.6 Å². The number of nitrogens with zero attached hydrogens (tertiary/aromatic N) is 5. The lowest BCUT2D eigenvalue weighted by molar-refractivity contribution is 0.0173. The van der Waals surface area contributed by atoms with Gasteiger partial charge >= 0.3 is 12.1 Å². The van der Waals surface area contributed by atoms with Gasteiger partial charge in [-0.1, -0.05) is 38.1 Å². The summed E-state index contributed by atoms with van der Waals surface area (Å²) in [6, 6.07) is 24.8. The molecule has 0 aliphatic carbocycles. The average Bonchev–Trinajstić information content (AvgIpc) is 3.15. The number of fused-ring (bicyclic) bond motifs is 2. The molecule has 3 fully saturated rings. The van der Waals surface area contributed by atoms with Gasteiger partial charge in [-0.3, -0.25) is 9.97 Å². The van der Waals surface area contributed by atoms with Gasteiger partial charge in [0.2, 0.25) is 0 Å². The van der Waals surface area contributed by atoms with E-state index in [0.717, 1.165) is 70.7 Å². The summed E-state index contributed by atoms with van der Waals surface area (Å²) in [4.78, 5) is 37.8. The third kappa shape index (κ3) is 8.49. The van der Waals surface area contributed by atoms with Gasteiger partial charge in [0.05, 0.1) is 17.5 Å². The molecular weight excluding hydrogens is 622 g/mol. The molecule has 4 amide bonds. The molecule has 2 bridgehead atoms. The van der Waals surface area contributed by atoms with Crippen molar-refractivity contribution in [2.24, 2.45) is 5.92 Å². The van der Waals surface area contributed by atoms with Crippen LogP contribution in [0.1, 0.15) is 69.1 Å². The second-order valence-electron chi connectivity index (χ2n) is 13.1. The number of aromatic nitrogens is 2. The highest BCUT2D eigenvalue weighted by atomic mass is 16.2. The lowest BCUT2D eigenvalue weighted by Gasteiger charge is -2.52. The second-order valence-corrected chi connectivity index (χ2v) is 13.1. The van der Waals surface area contributed by atoms with Gasteiger partial charge in [-0.05, 0) is 118 Å². The number of carbonyl (C=O) groups is 2. The number of anilines is 2. The molecule has 0 saturated carbocycles. The van der Waals surface area contributed by atoms with Crippen LogP contribution in [0.15, 0.2) is 79.1 Å². The predicted molar refractivity (Wildman–Crippen MR) is 201 cm³/mol. The van der Waals surface area contributed by atoms with Gasteiger partial charge in [-0.2, -0.15) is 5.26 Å². The molecule has 2 aromatic carbocycles. The van der Waals surface area contributed by atoms with E-state index < -0.39 is 0 Å². The van der Waals surface area contributed by atoms with Gasteiger partial charge in [-0.25, -0.2) is 9.59 Å². The molecule has 2 N–H and O–H groups in total. The molecule has 3 aliphatic rings.